The predicted octanol–water partition coefficient (Wildman–Crippen LogP) is 0.985. The summed E-state index contributed by atoms with van der Waals surface area (Å²) in [6, 6.07) is 0. The quantitative estimate of drug-likeness (QED) is 0.772. The molecule has 0 radical (unpaired) electrons. The van der Waals surface area contributed by atoms with E-state index < -0.39 is 5.97 Å². The first kappa shape index (κ1) is 12.9. The molecule has 0 aliphatic carbocycles. The lowest BCUT2D eigenvalue weighted by atomic mass is 10.4. The Morgan fingerprint density at radius 1 is 1.56 bits per heavy atom. The van der Waals surface area contributed by atoms with E-state index in [0.717, 1.165) is 11.4 Å². The second-order valence-electron chi connectivity index (χ2n) is 3.23. The zero-order chi connectivity index (χ0) is 12.0. The molecule has 0 aliphatic rings. The Bertz CT molecular complexity index is 342. The SMILES string of the molecule is CCCN(CC(=O)O)c1nnc(COC)s1. The first-order valence-corrected chi connectivity index (χ1v) is 5.77. The molecule has 1 N–H and O–H groups in total. The fraction of sp³-hybridized carbons (Fsp3) is 0.667. The summed E-state index contributed by atoms with van der Waals surface area (Å²) in [6.07, 6.45) is 0.868. The molecule has 6 nitrogen and oxygen atoms in total. The van der Waals surface area contributed by atoms with E-state index in [1.54, 1.807) is 12.0 Å². The Kier molecular flexibility index (Phi) is 5.13. The van der Waals surface area contributed by atoms with Crippen LogP contribution in [0.1, 0.15) is 18.4 Å². The number of hydrogen-bond acceptors (Lipinski definition) is 6. The van der Waals surface area contributed by atoms with Crippen LogP contribution < -0.4 is 4.90 Å². The summed E-state index contributed by atoms with van der Waals surface area (Å²) < 4.78 is 4.94. The number of methoxy groups -OCH3 is 1. The maximum Gasteiger partial charge on any atom is 0.323 e. The van der Waals surface area contributed by atoms with Crippen molar-refractivity contribution in [2.45, 2.75) is 20.0 Å². The van der Waals surface area contributed by atoms with Crippen molar-refractivity contribution in [3.05, 3.63) is 5.01 Å². The van der Waals surface area contributed by atoms with Crippen molar-refractivity contribution in [1.29, 1.82) is 0 Å². The fourth-order valence-electron chi connectivity index (χ4n) is 1.23. The van der Waals surface area contributed by atoms with E-state index >= 15 is 0 Å². The first-order valence-electron chi connectivity index (χ1n) is 4.95. The van der Waals surface area contributed by atoms with Gasteiger partial charge in [-0.2, -0.15) is 0 Å². The normalized spacial score (nSPS) is 10.4. The van der Waals surface area contributed by atoms with Gasteiger partial charge in [0.2, 0.25) is 5.13 Å². The summed E-state index contributed by atoms with van der Waals surface area (Å²) in [5.41, 5.74) is 0. The molecule has 0 aliphatic heterocycles. The van der Waals surface area contributed by atoms with Crippen LogP contribution in [0.5, 0.6) is 0 Å². The van der Waals surface area contributed by atoms with Crippen molar-refractivity contribution in [3.8, 4) is 0 Å². The number of aliphatic carboxylic acids is 1. The Morgan fingerprint density at radius 2 is 2.31 bits per heavy atom. The van der Waals surface area contributed by atoms with E-state index in [2.05, 4.69) is 10.2 Å². The standard InChI is InChI=1S/C9H15N3O3S/c1-3-4-12(5-8(13)14)9-11-10-7(16-9)6-15-2/h3-6H2,1-2H3,(H,13,14). The van der Waals surface area contributed by atoms with Gasteiger partial charge in [-0.05, 0) is 6.42 Å². The second kappa shape index (κ2) is 6.39. The van der Waals surface area contributed by atoms with E-state index in [1.807, 2.05) is 6.92 Å². The van der Waals surface area contributed by atoms with Gasteiger partial charge in [-0.15, -0.1) is 10.2 Å². The molecule has 90 valence electrons. The van der Waals surface area contributed by atoms with E-state index in [9.17, 15) is 4.79 Å². The maximum absolute atomic E-state index is 10.7. The minimum atomic E-state index is -0.864. The number of ether oxygens (including phenoxy) is 1. The zero-order valence-corrected chi connectivity index (χ0v) is 10.2. The molecule has 7 heteroatoms. The summed E-state index contributed by atoms with van der Waals surface area (Å²) in [4.78, 5) is 12.4. The van der Waals surface area contributed by atoms with Gasteiger partial charge in [0.15, 0.2) is 0 Å². The van der Waals surface area contributed by atoms with Gasteiger partial charge in [-0.25, -0.2) is 0 Å². The van der Waals surface area contributed by atoms with E-state index in [4.69, 9.17) is 9.84 Å². The zero-order valence-electron chi connectivity index (χ0n) is 9.34. The molecule has 0 saturated heterocycles. The van der Waals surface area contributed by atoms with E-state index in [0.29, 0.717) is 18.3 Å². The smallest absolute Gasteiger partial charge is 0.323 e. The maximum atomic E-state index is 10.7. The summed E-state index contributed by atoms with van der Waals surface area (Å²) >= 11 is 1.36. The van der Waals surface area contributed by atoms with Crippen LogP contribution in [-0.2, 0) is 16.1 Å². The number of hydrogen-bond donors (Lipinski definition) is 1. The van der Waals surface area contributed by atoms with Crippen molar-refractivity contribution in [1.82, 2.24) is 10.2 Å². The van der Waals surface area contributed by atoms with Crippen LogP contribution in [0, 0.1) is 0 Å². The highest BCUT2D eigenvalue weighted by Crippen LogP contribution is 2.20. The summed E-state index contributed by atoms with van der Waals surface area (Å²) in [7, 11) is 1.59. The van der Waals surface area contributed by atoms with Gasteiger partial charge in [0.1, 0.15) is 18.2 Å². The lowest BCUT2D eigenvalue weighted by Crippen LogP contribution is -2.30. The third-order valence-electron chi connectivity index (χ3n) is 1.81. The minimum Gasteiger partial charge on any atom is -0.480 e. The molecule has 0 saturated carbocycles. The molecule has 1 aromatic rings. The number of aromatic nitrogens is 2. The topological polar surface area (TPSA) is 75.6 Å². The Balaban J connectivity index is 2.71. The molecular formula is C9H15N3O3S. The van der Waals surface area contributed by atoms with Crippen molar-refractivity contribution < 1.29 is 14.6 Å². The third-order valence-corrected chi connectivity index (χ3v) is 2.77. The summed E-state index contributed by atoms with van der Waals surface area (Å²) in [6.45, 7) is 3.01. The van der Waals surface area contributed by atoms with Crippen LogP contribution in [0.3, 0.4) is 0 Å². The molecule has 0 atom stereocenters. The molecule has 1 rings (SSSR count). The van der Waals surface area contributed by atoms with Crippen molar-refractivity contribution in [3.63, 3.8) is 0 Å². The lowest BCUT2D eigenvalue weighted by Gasteiger charge is -2.17. The minimum absolute atomic E-state index is 0.0462. The van der Waals surface area contributed by atoms with Gasteiger partial charge in [0, 0.05) is 13.7 Å². The van der Waals surface area contributed by atoms with Gasteiger partial charge in [-0.1, -0.05) is 18.3 Å². The largest absolute Gasteiger partial charge is 0.480 e. The molecule has 0 unspecified atom stereocenters. The number of carboxylic acid groups (broad SMARTS) is 1. The van der Waals surface area contributed by atoms with Crippen LogP contribution in [-0.4, -0.2) is 41.5 Å². The number of nitrogens with zero attached hydrogens (tertiary/aromatic N) is 3. The molecule has 0 amide bonds. The fourth-order valence-corrected chi connectivity index (χ4v) is 2.07. The predicted molar refractivity (Wildman–Crippen MR) is 60.8 cm³/mol. The summed E-state index contributed by atoms with van der Waals surface area (Å²) in [5, 5.41) is 18.0. The molecular weight excluding hydrogens is 230 g/mol. The highest BCUT2D eigenvalue weighted by atomic mass is 32.1. The average molecular weight is 245 g/mol. The van der Waals surface area contributed by atoms with Crippen molar-refractivity contribution in [2.24, 2.45) is 0 Å². The van der Waals surface area contributed by atoms with Gasteiger partial charge < -0.3 is 14.7 Å². The Labute approximate surface area is 97.9 Å². The van der Waals surface area contributed by atoms with Crippen LogP contribution in [0.15, 0.2) is 0 Å². The second-order valence-corrected chi connectivity index (χ2v) is 4.27. The first-order chi connectivity index (χ1) is 7.67. The van der Waals surface area contributed by atoms with Gasteiger partial charge in [0.25, 0.3) is 0 Å². The van der Waals surface area contributed by atoms with Crippen LogP contribution in [0.25, 0.3) is 0 Å². The molecule has 0 bridgehead atoms. The Hall–Kier alpha value is -1.21. The Morgan fingerprint density at radius 3 is 2.88 bits per heavy atom. The molecule has 1 heterocycles. The average Bonchev–Trinajstić information content (AvgIpc) is 2.66. The van der Waals surface area contributed by atoms with Crippen molar-refractivity contribution in [2.75, 3.05) is 25.1 Å². The highest BCUT2D eigenvalue weighted by molar-refractivity contribution is 7.15. The van der Waals surface area contributed by atoms with Gasteiger partial charge >= 0.3 is 5.97 Å². The van der Waals surface area contributed by atoms with Gasteiger partial charge in [-0.3, -0.25) is 4.79 Å². The summed E-state index contributed by atoms with van der Waals surface area (Å²) in [5.74, 6) is -0.864. The molecule has 0 aromatic carbocycles. The molecule has 16 heavy (non-hydrogen) atoms. The van der Waals surface area contributed by atoms with E-state index in [-0.39, 0.29) is 6.54 Å². The molecule has 1 aromatic heterocycles. The highest BCUT2D eigenvalue weighted by Gasteiger charge is 2.14. The van der Waals surface area contributed by atoms with Crippen LogP contribution >= 0.6 is 11.3 Å². The van der Waals surface area contributed by atoms with Crippen LogP contribution in [0.2, 0.25) is 0 Å². The van der Waals surface area contributed by atoms with Crippen molar-refractivity contribution >= 4 is 22.4 Å². The number of carboxylic acids is 1. The van der Waals surface area contributed by atoms with Gasteiger partial charge in [0.05, 0.1) is 0 Å². The third kappa shape index (κ3) is 3.74. The number of carbonyl (C=O) groups is 1. The monoisotopic (exact) mass is 245 g/mol. The number of anilines is 1. The number of rotatable bonds is 7. The molecule has 0 fully saturated rings. The molecule has 0 spiro atoms. The van der Waals surface area contributed by atoms with E-state index in [1.165, 1.54) is 11.3 Å². The van der Waals surface area contributed by atoms with Crippen LogP contribution in [0.4, 0.5) is 5.13 Å². The lowest BCUT2D eigenvalue weighted by molar-refractivity contribution is -0.135.